The molecule has 1 fully saturated rings. The summed E-state index contributed by atoms with van der Waals surface area (Å²) in [6, 6.07) is 0. The molecule has 0 spiro atoms. The second kappa shape index (κ2) is 14.6. The number of hydrogen-bond acceptors (Lipinski definition) is 4. The number of carbonyl (C=O) groups excluding carboxylic acids is 3. The van der Waals surface area contributed by atoms with E-state index in [1.54, 1.807) is 0 Å². The van der Waals surface area contributed by atoms with Gasteiger partial charge in [-0.3, -0.25) is 14.4 Å². The molecule has 1 aliphatic rings. The minimum Gasteiger partial charge on any atom is -0.381 e. The summed E-state index contributed by atoms with van der Waals surface area (Å²) in [6.07, 6.45) is 6.71. The van der Waals surface area contributed by atoms with E-state index in [1.807, 2.05) is 6.92 Å². The highest BCUT2D eigenvalue weighted by Gasteiger charge is 2.25. The van der Waals surface area contributed by atoms with E-state index in [1.165, 1.54) is 0 Å². The van der Waals surface area contributed by atoms with Gasteiger partial charge in [-0.25, -0.2) is 0 Å². The van der Waals surface area contributed by atoms with Gasteiger partial charge in [0.15, 0.2) is 0 Å². The van der Waals surface area contributed by atoms with Crippen LogP contribution in [0.5, 0.6) is 0 Å². The second-order valence-electron chi connectivity index (χ2n) is 8.37. The summed E-state index contributed by atoms with van der Waals surface area (Å²) < 4.78 is 5.47. The highest BCUT2D eigenvalue weighted by atomic mass is 16.5. The van der Waals surface area contributed by atoms with Gasteiger partial charge >= 0.3 is 0 Å². The van der Waals surface area contributed by atoms with Crippen molar-refractivity contribution in [3.05, 3.63) is 0 Å². The van der Waals surface area contributed by atoms with Crippen molar-refractivity contribution >= 4 is 17.6 Å². The molecule has 0 heterocycles. The van der Waals surface area contributed by atoms with Crippen molar-refractivity contribution in [2.75, 3.05) is 26.3 Å². The van der Waals surface area contributed by atoms with Crippen LogP contribution >= 0.6 is 0 Å². The molecular weight excluding hydrogens is 356 g/mol. The van der Waals surface area contributed by atoms with Crippen LogP contribution in [0.1, 0.15) is 81.4 Å². The largest absolute Gasteiger partial charge is 0.381 e. The number of nitrogens with one attached hydrogen (secondary N) is 2. The molecule has 0 radical (unpaired) electrons. The Bertz CT molecular complexity index is 482. The first-order valence-electron chi connectivity index (χ1n) is 11.1. The van der Waals surface area contributed by atoms with Crippen molar-refractivity contribution in [2.24, 2.45) is 17.8 Å². The first-order chi connectivity index (χ1) is 13.4. The Kier molecular flexibility index (Phi) is 12.8. The Balaban J connectivity index is 0. The van der Waals surface area contributed by atoms with Gasteiger partial charge in [0.25, 0.3) is 0 Å². The lowest BCUT2D eigenvalue weighted by molar-refractivity contribution is -0.125. The van der Waals surface area contributed by atoms with E-state index in [0.717, 1.165) is 38.7 Å². The molecule has 2 N–H and O–H groups in total. The molecule has 28 heavy (non-hydrogen) atoms. The fourth-order valence-corrected chi connectivity index (χ4v) is 3.54. The molecule has 0 bridgehead atoms. The van der Waals surface area contributed by atoms with Crippen LogP contribution in [0.25, 0.3) is 0 Å². The lowest BCUT2D eigenvalue weighted by Gasteiger charge is -2.27. The molecule has 1 saturated carbocycles. The number of amides is 2. The predicted molar refractivity (Wildman–Crippen MR) is 115 cm³/mol. The lowest BCUT2D eigenvalue weighted by Crippen LogP contribution is -2.32. The lowest BCUT2D eigenvalue weighted by atomic mass is 9.79. The van der Waals surface area contributed by atoms with E-state index >= 15 is 0 Å². The zero-order valence-electron chi connectivity index (χ0n) is 18.1. The average Bonchev–Trinajstić information content (AvgIpc) is 2.68. The minimum atomic E-state index is -0.00410. The van der Waals surface area contributed by atoms with Crippen LogP contribution in [0.2, 0.25) is 0 Å². The van der Waals surface area contributed by atoms with Crippen LogP contribution in [0.15, 0.2) is 0 Å². The summed E-state index contributed by atoms with van der Waals surface area (Å²) in [4.78, 5) is 35.5. The van der Waals surface area contributed by atoms with E-state index in [2.05, 4.69) is 24.5 Å². The molecule has 1 rings (SSSR count). The second-order valence-corrected chi connectivity index (χ2v) is 8.37. The molecule has 0 aromatic carbocycles. The van der Waals surface area contributed by atoms with Gasteiger partial charge in [-0.1, -0.05) is 20.8 Å². The zero-order chi connectivity index (χ0) is 20.8. The van der Waals surface area contributed by atoms with Gasteiger partial charge in [-0.15, -0.1) is 0 Å². The molecule has 2 amide bonds. The molecule has 0 aromatic rings. The van der Waals surface area contributed by atoms with Crippen molar-refractivity contribution < 1.29 is 22.0 Å². The normalized spacial score (nSPS) is 19.4. The van der Waals surface area contributed by atoms with Crippen LogP contribution < -0.4 is 10.6 Å². The summed E-state index contributed by atoms with van der Waals surface area (Å²) in [5.74, 6) is 1.63. The summed E-state index contributed by atoms with van der Waals surface area (Å²) >= 11 is 0. The quantitative estimate of drug-likeness (QED) is 0.435. The number of ether oxygens (including phenoxy) is 1. The Morgan fingerprint density at radius 3 is 2.25 bits per heavy atom. The van der Waals surface area contributed by atoms with Crippen LogP contribution in [0.3, 0.4) is 0 Å². The highest BCUT2D eigenvalue weighted by molar-refractivity contribution is 5.80. The Morgan fingerprint density at radius 2 is 1.64 bits per heavy atom. The number of hydrogen-bond donors (Lipinski definition) is 2. The van der Waals surface area contributed by atoms with Gasteiger partial charge in [0, 0.05) is 54.3 Å². The molecule has 0 unspecified atom stereocenters. The van der Waals surface area contributed by atoms with Crippen LogP contribution in [-0.2, 0) is 19.1 Å². The van der Waals surface area contributed by atoms with Gasteiger partial charge in [-0.05, 0) is 50.4 Å². The van der Waals surface area contributed by atoms with E-state index in [-0.39, 0.29) is 20.6 Å². The van der Waals surface area contributed by atoms with Gasteiger partial charge in [0.1, 0.15) is 5.78 Å². The van der Waals surface area contributed by atoms with E-state index in [9.17, 15) is 14.4 Å². The third-order valence-electron chi connectivity index (χ3n) is 5.28. The van der Waals surface area contributed by atoms with E-state index in [4.69, 9.17) is 4.74 Å². The smallest absolute Gasteiger partial charge is 0.220 e. The van der Waals surface area contributed by atoms with Gasteiger partial charge in [-0.2, -0.15) is 0 Å². The number of carbonyl (C=O) groups is 3. The Labute approximate surface area is 173 Å². The maximum absolute atomic E-state index is 12.0. The fraction of sp³-hybridized carbons (Fsp3) is 0.864. The predicted octanol–water partition coefficient (Wildman–Crippen LogP) is 3.73. The third kappa shape index (κ3) is 11.4. The van der Waals surface area contributed by atoms with Crippen LogP contribution in [0, 0.1) is 17.8 Å². The minimum absolute atomic E-state index is 0. The van der Waals surface area contributed by atoms with Gasteiger partial charge in [0.05, 0.1) is 0 Å². The zero-order valence-corrected chi connectivity index (χ0v) is 18.1. The molecule has 6 nitrogen and oxygen atoms in total. The number of rotatable bonds is 14. The topological polar surface area (TPSA) is 84.5 Å². The summed E-state index contributed by atoms with van der Waals surface area (Å²) in [6.45, 7) is 8.87. The summed E-state index contributed by atoms with van der Waals surface area (Å²) in [5.41, 5.74) is 0. The van der Waals surface area contributed by atoms with Crippen molar-refractivity contribution in [1.29, 1.82) is 0 Å². The molecule has 0 aliphatic heterocycles. The van der Waals surface area contributed by atoms with Gasteiger partial charge < -0.3 is 15.4 Å². The fourth-order valence-electron chi connectivity index (χ4n) is 3.54. The Hall–Kier alpha value is -1.43. The number of ketones is 1. The molecule has 0 saturated heterocycles. The van der Waals surface area contributed by atoms with E-state index < -0.39 is 0 Å². The van der Waals surface area contributed by atoms with Crippen molar-refractivity contribution in [2.45, 2.75) is 78.6 Å². The van der Waals surface area contributed by atoms with Crippen LogP contribution in [-0.4, -0.2) is 43.9 Å². The monoisotopic (exact) mass is 400 g/mol. The molecule has 0 aromatic heterocycles. The maximum Gasteiger partial charge on any atom is 0.220 e. The first kappa shape index (κ1) is 24.6. The Morgan fingerprint density at radius 1 is 1.00 bits per heavy atom. The molecular formula is C22H44N2O4. The average molecular weight is 401 g/mol. The summed E-state index contributed by atoms with van der Waals surface area (Å²) in [5, 5.41) is 5.86. The first-order valence-corrected chi connectivity index (χ1v) is 11.1. The molecule has 1 aliphatic carbocycles. The van der Waals surface area contributed by atoms with Crippen molar-refractivity contribution in [3.63, 3.8) is 0 Å². The SMILES string of the molecule is CCC(=O)C1CCC(CNC(=O)CCCC(=O)NCCCOCC(C)C)CC1.[HH].[HH]. The van der Waals surface area contributed by atoms with Crippen molar-refractivity contribution in [1.82, 2.24) is 10.6 Å². The summed E-state index contributed by atoms with van der Waals surface area (Å²) in [7, 11) is 0. The van der Waals surface area contributed by atoms with Gasteiger partial charge in [0.2, 0.25) is 11.8 Å². The molecule has 166 valence electrons. The molecule has 6 heteroatoms. The highest BCUT2D eigenvalue weighted by Crippen LogP contribution is 2.29. The van der Waals surface area contributed by atoms with E-state index in [0.29, 0.717) is 63.0 Å². The standard InChI is InChI=1S/C22H40N2O4.2H2/c1-4-20(25)19-11-9-18(10-12-19)15-24-22(27)8-5-7-21(26)23-13-6-14-28-16-17(2)3;;/h17-19H,4-16H2,1-3H3,(H,23,26)(H,24,27);2*1H. The third-order valence-corrected chi connectivity index (χ3v) is 5.28. The van der Waals surface area contributed by atoms with Crippen LogP contribution in [0.4, 0.5) is 0 Å². The number of Topliss-reactive ketones (excluding diaryl/α,β-unsaturated/α-hetero) is 1. The van der Waals surface area contributed by atoms with Crippen molar-refractivity contribution in [3.8, 4) is 0 Å². The maximum atomic E-state index is 12.0. The molecule has 0 atom stereocenters.